The zero-order chi connectivity index (χ0) is 8.10. The summed E-state index contributed by atoms with van der Waals surface area (Å²) >= 11 is 0. The Kier molecular flexibility index (Phi) is 3.64. The normalized spacial score (nSPS) is 28.8. The highest BCUT2D eigenvalue weighted by molar-refractivity contribution is 5.01. The van der Waals surface area contributed by atoms with Gasteiger partial charge in [0.2, 0.25) is 0 Å². The molecule has 1 unspecified atom stereocenters. The summed E-state index contributed by atoms with van der Waals surface area (Å²) in [6.07, 6.45) is 5.42. The highest BCUT2D eigenvalue weighted by Gasteiger charge is 2.07. The van der Waals surface area contributed by atoms with E-state index in [0.717, 1.165) is 12.5 Å². The van der Waals surface area contributed by atoms with Crippen molar-refractivity contribution in [2.75, 3.05) is 13.1 Å². The molecule has 0 radical (unpaired) electrons. The second-order valence-electron chi connectivity index (χ2n) is 3.59. The maximum Gasteiger partial charge on any atom is 0.0164 e. The van der Waals surface area contributed by atoms with E-state index in [2.05, 4.69) is 18.8 Å². The lowest BCUT2D eigenvalue weighted by molar-refractivity contribution is 0.561. The standard InChI is InChI=1S/C10H19N/c1-9-6-4-3-5-7-11-8-10(9)2/h9,11H,2-8H2,1H3. The molecule has 1 atom stereocenters. The van der Waals surface area contributed by atoms with E-state index in [4.69, 9.17) is 0 Å². The van der Waals surface area contributed by atoms with Crippen molar-refractivity contribution in [3.8, 4) is 0 Å². The van der Waals surface area contributed by atoms with Gasteiger partial charge in [-0.1, -0.05) is 31.9 Å². The van der Waals surface area contributed by atoms with Crippen molar-refractivity contribution in [3.05, 3.63) is 12.2 Å². The fraction of sp³-hybridized carbons (Fsp3) is 0.800. The van der Waals surface area contributed by atoms with Crippen LogP contribution in [0, 0.1) is 5.92 Å². The third-order valence-electron chi connectivity index (χ3n) is 2.54. The van der Waals surface area contributed by atoms with Crippen molar-refractivity contribution >= 4 is 0 Å². The van der Waals surface area contributed by atoms with Crippen molar-refractivity contribution in [1.29, 1.82) is 0 Å². The first-order chi connectivity index (χ1) is 5.30. The van der Waals surface area contributed by atoms with Crippen LogP contribution in [-0.2, 0) is 0 Å². The molecule has 1 rings (SSSR count). The van der Waals surface area contributed by atoms with E-state index in [0.29, 0.717) is 0 Å². The van der Waals surface area contributed by atoms with Crippen LogP contribution in [0.4, 0.5) is 0 Å². The first-order valence-electron chi connectivity index (χ1n) is 4.69. The number of rotatable bonds is 0. The van der Waals surface area contributed by atoms with Crippen LogP contribution in [0.25, 0.3) is 0 Å². The van der Waals surface area contributed by atoms with Gasteiger partial charge in [0.05, 0.1) is 0 Å². The van der Waals surface area contributed by atoms with Gasteiger partial charge < -0.3 is 5.32 Å². The van der Waals surface area contributed by atoms with Crippen molar-refractivity contribution in [1.82, 2.24) is 5.32 Å². The lowest BCUT2D eigenvalue weighted by atomic mass is 9.97. The molecule has 0 spiro atoms. The molecule has 1 saturated heterocycles. The minimum atomic E-state index is 0.723. The summed E-state index contributed by atoms with van der Waals surface area (Å²) < 4.78 is 0. The molecule has 1 aliphatic heterocycles. The van der Waals surface area contributed by atoms with Crippen LogP contribution < -0.4 is 5.32 Å². The average Bonchev–Trinajstić information content (AvgIpc) is 2.07. The third kappa shape index (κ3) is 3.06. The second-order valence-corrected chi connectivity index (χ2v) is 3.59. The van der Waals surface area contributed by atoms with Crippen LogP contribution in [0.2, 0.25) is 0 Å². The van der Waals surface area contributed by atoms with Crippen LogP contribution in [0.1, 0.15) is 32.6 Å². The Morgan fingerprint density at radius 1 is 1.36 bits per heavy atom. The van der Waals surface area contributed by atoms with E-state index < -0.39 is 0 Å². The highest BCUT2D eigenvalue weighted by atomic mass is 14.8. The summed E-state index contributed by atoms with van der Waals surface area (Å²) in [5.74, 6) is 0.723. The summed E-state index contributed by atoms with van der Waals surface area (Å²) in [5, 5.41) is 3.41. The first kappa shape index (κ1) is 8.79. The number of hydrogen-bond acceptors (Lipinski definition) is 1. The molecule has 0 aromatic heterocycles. The summed E-state index contributed by atoms with van der Waals surface area (Å²) in [4.78, 5) is 0. The molecule has 0 bridgehead atoms. The van der Waals surface area contributed by atoms with Crippen LogP contribution in [0.15, 0.2) is 12.2 Å². The van der Waals surface area contributed by atoms with Crippen LogP contribution in [-0.4, -0.2) is 13.1 Å². The Morgan fingerprint density at radius 2 is 2.18 bits per heavy atom. The van der Waals surface area contributed by atoms with Gasteiger partial charge in [-0.3, -0.25) is 0 Å². The quantitative estimate of drug-likeness (QED) is 0.527. The molecule has 11 heavy (non-hydrogen) atoms. The summed E-state index contributed by atoms with van der Waals surface area (Å²) in [6.45, 7) is 8.56. The second kappa shape index (κ2) is 4.55. The Labute approximate surface area is 69.9 Å². The van der Waals surface area contributed by atoms with Crippen LogP contribution >= 0.6 is 0 Å². The minimum absolute atomic E-state index is 0.723. The number of hydrogen-bond donors (Lipinski definition) is 1. The van der Waals surface area contributed by atoms with Crippen molar-refractivity contribution in [2.24, 2.45) is 5.92 Å². The predicted octanol–water partition coefficient (Wildman–Crippen LogP) is 2.34. The zero-order valence-corrected chi connectivity index (χ0v) is 7.53. The SMILES string of the molecule is C=C1CNCCCCCC1C. The molecular weight excluding hydrogens is 134 g/mol. The molecule has 1 aliphatic rings. The molecule has 0 aromatic carbocycles. The molecule has 0 aromatic rings. The van der Waals surface area contributed by atoms with Crippen LogP contribution in [0.3, 0.4) is 0 Å². The Hall–Kier alpha value is -0.300. The maximum atomic E-state index is 4.08. The summed E-state index contributed by atoms with van der Waals surface area (Å²) in [6, 6.07) is 0. The van der Waals surface area contributed by atoms with E-state index in [1.165, 1.54) is 37.8 Å². The molecular formula is C10H19N. The molecule has 1 heteroatoms. The average molecular weight is 153 g/mol. The Bertz CT molecular complexity index is 129. The van der Waals surface area contributed by atoms with E-state index in [1.807, 2.05) is 0 Å². The zero-order valence-electron chi connectivity index (χ0n) is 7.53. The van der Waals surface area contributed by atoms with Gasteiger partial charge in [0.25, 0.3) is 0 Å². The van der Waals surface area contributed by atoms with E-state index in [9.17, 15) is 0 Å². The molecule has 0 aliphatic carbocycles. The fourth-order valence-electron chi connectivity index (χ4n) is 1.50. The molecule has 1 heterocycles. The molecule has 1 nitrogen and oxygen atoms in total. The van der Waals surface area contributed by atoms with Gasteiger partial charge in [-0.25, -0.2) is 0 Å². The lowest BCUT2D eigenvalue weighted by Crippen LogP contribution is -2.19. The molecule has 0 saturated carbocycles. The van der Waals surface area contributed by atoms with E-state index >= 15 is 0 Å². The number of nitrogens with one attached hydrogen (secondary N) is 1. The van der Waals surface area contributed by atoms with Gasteiger partial charge in [-0.15, -0.1) is 0 Å². The smallest absolute Gasteiger partial charge is 0.0164 e. The van der Waals surface area contributed by atoms with Gasteiger partial charge in [-0.2, -0.15) is 0 Å². The van der Waals surface area contributed by atoms with E-state index in [-0.39, 0.29) is 0 Å². The van der Waals surface area contributed by atoms with Crippen molar-refractivity contribution in [2.45, 2.75) is 32.6 Å². The highest BCUT2D eigenvalue weighted by Crippen LogP contribution is 2.17. The van der Waals surface area contributed by atoms with Gasteiger partial charge in [0.1, 0.15) is 0 Å². The third-order valence-corrected chi connectivity index (χ3v) is 2.54. The minimum Gasteiger partial charge on any atom is -0.313 e. The largest absolute Gasteiger partial charge is 0.313 e. The molecule has 1 fully saturated rings. The molecule has 0 amide bonds. The van der Waals surface area contributed by atoms with Gasteiger partial charge >= 0.3 is 0 Å². The Balaban J connectivity index is 2.35. The first-order valence-corrected chi connectivity index (χ1v) is 4.69. The monoisotopic (exact) mass is 153 g/mol. The molecule has 1 N–H and O–H groups in total. The lowest BCUT2D eigenvalue weighted by Gasteiger charge is -2.12. The Morgan fingerprint density at radius 3 is 3.00 bits per heavy atom. The van der Waals surface area contributed by atoms with Gasteiger partial charge in [0, 0.05) is 6.54 Å². The maximum absolute atomic E-state index is 4.08. The van der Waals surface area contributed by atoms with Gasteiger partial charge in [0.15, 0.2) is 0 Å². The van der Waals surface area contributed by atoms with Crippen LogP contribution in [0.5, 0.6) is 0 Å². The topological polar surface area (TPSA) is 12.0 Å². The summed E-state index contributed by atoms with van der Waals surface area (Å²) in [7, 11) is 0. The van der Waals surface area contributed by atoms with Crippen molar-refractivity contribution in [3.63, 3.8) is 0 Å². The summed E-state index contributed by atoms with van der Waals surface area (Å²) in [5.41, 5.74) is 1.38. The predicted molar refractivity (Wildman–Crippen MR) is 49.6 cm³/mol. The van der Waals surface area contributed by atoms with E-state index in [1.54, 1.807) is 0 Å². The molecule has 64 valence electrons. The van der Waals surface area contributed by atoms with Gasteiger partial charge in [-0.05, 0) is 25.3 Å². The van der Waals surface area contributed by atoms with Crippen molar-refractivity contribution < 1.29 is 0 Å². The fourth-order valence-corrected chi connectivity index (χ4v) is 1.50.